The molecule has 0 aromatic rings. The third-order valence-corrected chi connectivity index (χ3v) is 8.33. The van der Waals surface area contributed by atoms with Crippen LogP contribution < -0.4 is 5.73 Å². The Morgan fingerprint density at radius 2 is 0.553 bits per heavy atom. The number of unbranched alkanes of at least 4 members (excludes halogenated alkanes) is 31. The second kappa shape index (κ2) is 34.2. The minimum Gasteiger partial charge on any atom is -0.370 e. The van der Waals surface area contributed by atoms with Crippen molar-refractivity contribution >= 4 is 5.91 Å². The van der Waals surface area contributed by atoms with Crippen molar-refractivity contribution in [1.29, 1.82) is 0 Å². The van der Waals surface area contributed by atoms with E-state index in [-0.39, 0.29) is 5.91 Å². The summed E-state index contributed by atoms with van der Waals surface area (Å²) >= 11 is 0. The molecule has 0 radical (unpaired) electrons. The van der Waals surface area contributed by atoms with Crippen LogP contribution in [0.3, 0.4) is 0 Å². The summed E-state index contributed by atoms with van der Waals surface area (Å²) in [5.74, 6) is -0.149. The average Bonchev–Trinajstić information content (AvgIpc) is 2.91. The summed E-state index contributed by atoms with van der Waals surface area (Å²) in [6.45, 7) is 3.80. The molecule has 0 aliphatic rings. The van der Waals surface area contributed by atoms with Crippen LogP contribution in [0.25, 0.3) is 0 Å². The number of allylic oxidation sites excluding steroid dienone is 1. The lowest BCUT2D eigenvalue weighted by Crippen LogP contribution is -2.09. The van der Waals surface area contributed by atoms with E-state index in [0.717, 1.165) is 6.42 Å². The van der Waals surface area contributed by atoms with Gasteiger partial charge in [-0.15, -0.1) is 6.58 Å². The summed E-state index contributed by atoms with van der Waals surface area (Å²) in [5, 5.41) is 0. The first kappa shape index (κ1) is 37.2. The number of nitrogens with two attached hydrogens (primary N) is 1. The first-order valence-corrected chi connectivity index (χ1v) is 17.7. The van der Waals surface area contributed by atoms with Gasteiger partial charge in [-0.2, -0.15) is 0 Å². The molecule has 0 unspecified atom stereocenters. The van der Waals surface area contributed by atoms with Crippen molar-refractivity contribution in [3.63, 3.8) is 0 Å². The molecule has 38 heavy (non-hydrogen) atoms. The number of carbonyl (C=O) groups is 1. The van der Waals surface area contributed by atoms with E-state index in [0.29, 0.717) is 6.42 Å². The Labute approximate surface area is 240 Å². The zero-order valence-corrected chi connectivity index (χ0v) is 26.1. The molecular weight excluding hydrogens is 462 g/mol. The Hall–Kier alpha value is -0.790. The van der Waals surface area contributed by atoms with Gasteiger partial charge >= 0.3 is 0 Å². The molecule has 0 saturated heterocycles. The van der Waals surface area contributed by atoms with Gasteiger partial charge in [-0.1, -0.05) is 192 Å². The zero-order valence-electron chi connectivity index (χ0n) is 26.1. The van der Waals surface area contributed by atoms with E-state index < -0.39 is 0 Å². The van der Waals surface area contributed by atoms with Crippen LogP contribution in [-0.4, -0.2) is 5.91 Å². The predicted molar refractivity (Wildman–Crippen MR) is 172 cm³/mol. The number of primary amides is 1. The van der Waals surface area contributed by atoms with Crippen LogP contribution in [0.4, 0.5) is 0 Å². The molecule has 0 aliphatic carbocycles. The van der Waals surface area contributed by atoms with Crippen LogP contribution in [0.15, 0.2) is 12.7 Å². The smallest absolute Gasteiger partial charge is 0.217 e. The van der Waals surface area contributed by atoms with Crippen molar-refractivity contribution in [2.75, 3.05) is 0 Å². The molecule has 0 aliphatic heterocycles. The molecule has 2 heteroatoms. The van der Waals surface area contributed by atoms with E-state index in [9.17, 15) is 4.79 Å². The maximum atomic E-state index is 10.7. The van der Waals surface area contributed by atoms with Gasteiger partial charge in [0.2, 0.25) is 5.91 Å². The van der Waals surface area contributed by atoms with Crippen molar-refractivity contribution in [3.05, 3.63) is 12.7 Å². The fraction of sp³-hybridized carbons (Fsp3) is 0.917. The highest BCUT2D eigenvalue weighted by atomic mass is 16.1. The highest BCUT2D eigenvalue weighted by molar-refractivity contribution is 5.73. The van der Waals surface area contributed by atoms with Gasteiger partial charge in [-0.05, 0) is 19.3 Å². The van der Waals surface area contributed by atoms with Crippen LogP contribution in [0.5, 0.6) is 0 Å². The fourth-order valence-corrected chi connectivity index (χ4v) is 5.71. The summed E-state index contributed by atoms with van der Waals surface area (Å²) < 4.78 is 0. The topological polar surface area (TPSA) is 43.1 Å². The second-order valence-corrected chi connectivity index (χ2v) is 12.3. The van der Waals surface area contributed by atoms with Gasteiger partial charge < -0.3 is 5.73 Å². The molecule has 2 nitrogen and oxygen atoms in total. The van der Waals surface area contributed by atoms with E-state index in [1.165, 1.54) is 199 Å². The van der Waals surface area contributed by atoms with Crippen molar-refractivity contribution in [2.45, 2.75) is 212 Å². The van der Waals surface area contributed by atoms with E-state index in [4.69, 9.17) is 5.73 Å². The lowest BCUT2D eigenvalue weighted by atomic mass is 10.0. The van der Waals surface area contributed by atoms with Crippen LogP contribution >= 0.6 is 0 Å². The number of hydrogen-bond donors (Lipinski definition) is 1. The van der Waals surface area contributed by atoms with Crippen LogP contribution in [0.1, 0.15) is 212 Å². The Morgan fingerprint density at radius 1 is 0.368 bits per heavy atom. The summed E-state index contributed by atoms with van der Waals surface area (Å²) in [4.78, 5) is 10.7. The Morgan fingerprint density at radius 3 is 0.737 bits per heavy atom. The van der Waals surface area contributed by atoms with Crippen molar-refractivity contribution in [3.8, 4) is 0 Å². The lowest BCUT2D eigenvalue weighted by molar-refractivity contribution is -0.118. The maximum absolute atomic E-state index is 10.7. The fourth-order valence-electron chi connectivity index (χ4n) is 5.71. The first-order chi connectivity index (χ1) is 18.8. The minimum atomic E-state index is -0.149. The molecule has 0 heterocycles. The molecule has 0 atom stereocenters. The lowest BCUT2D eigenvalue weighted by Gasteiger charge is -2.05. The normalized spacial score (nSPS) is 11.3. The molecule has 0 rings (SSSR count). The largest absolute Gasteiger partial charge is 0.370 e. The van der Waals surface area contributed by atoms with E-state index in [1.54, 1.807) is 0 Å². The van der Waals surface area contributed by atoms with Gasteiger partial charge in [0.1, 0.15) is 0 Å². The molecule has 2 N–H and O–H groups in total. The summed E-state index contributed by atoms with van der Waals surface area (Å²) in [5.41, 5.74) is 5.17. The van der Waals surface area contributed by atoms with Gasteiger partial charge in [0.05, 0.1) is 0 Å². The van der Waals surface area contributed by atoms with E-state index in [2.05, 4.69) is 12.7 Å². The first-order valence-electron chi connectivity index (χ1n) is 17.7. The highest BCUT2D eigenvalue weighted by Gasteiger charge is 1.98. The van der Waals surface area contributed by atoms with Gasteiger partial charge in [0.15, 0.2) is 0 Å². The monoisotopic (exact) mass is 534 g/mol. The summed E-state index contributed by atoms with van der Waals surface area (Å²) in [7, 11) is 0. The second-order valence-electron chi connectivity index (χ2n) is 12.3. The SMILES string of the molecule is C=CCCCCCCCCCCCCCCCCCCCCCCCCCCCCCCCCCC(N)=O. The molecule has 226 valence electrons. The number of hydrogen-bond acceptors (Lipinski definition) is 1. The van der Waals surface area contributed by atoms with E-state index in [1.807, 2.05) is 0 Å². The van der Waals surface area contributed by atoms with Gasteiger partial charge in [0, 0.05) is 6.42 Å². The molecular formula is C36H71NO. The van der Waals surface area contributed by atoms with Crippen molar-refractivity contribution in [2.24, 2.45) is 5.73 Å². The standard InChI is InChI=1S/C36H71NO/c1-2-3-4-5-6-7-8-9-10-11-12-13-14-15-16-17-18-19-20-21-22-23-24-25-26-27-28-29-30-31-32-33-34-35-36(37)38/h2H,1,3-35H2,(H2,37,38). The summed E-state index contributed by atoms with van der Waals surface area (Å²) in [6, 6.07) is 0. The van der Waals surface area contributed by atoms with Crippen LogP contribution in [0, 0.1) is 0 Å². The quantitative estimate of drug-likeness (QED) is 0.0648. The van der Waals surface area contributed by atoms with Crippen molar-refractivity contribution < 1.29 is 4.79 Å². The van der Waals surface area contributed by atoms with Crippen molar-refractivity contribution in [1.82, 2.24) is 0 Å². The van der Waals surface area contributed by atoms with Gasteiger partial charge in [-0.25, -0.2) is 0 Å². The molecule has 0 aromatic carbocycles. The molecule has 0 fully saturated rings. The molecule has 0 spiro atoms. The summed E-state index contributed by atoms with van der Waals surface area (Å²) in [6.07, 6.45) is 47.7. The molecule has 0 aromatic heterocycles. The Kier molecular flexibility index (Phi) is 33.5. The number of amides is 1. The number of carbonyl (C=O) groups excluding carboxylic acids is 1. The molecule has 1 amide bonds. The predicted octanol–water partition coefficient (Wildman–Crippen LogP) is 12.5. The Balaban J connectivity index is 3.03. The van der Waals surface area contributed by atoms with Gasteiger partial charge in [0.25, 0.3) is 0 Å². The molecule has 0 saturated carbocycles. The number of rotatable bonds is 34. The van der Waals surface area contributed by atoms with E-state index >= 15 is 0 Å². The third-order valence-electron chi connectivity index (χ3n) is 8.33. The Bertz CT molecular complexity index is 460. The zero-order chi connectivity index (χ0) is 27.6. The van der Waals surface area contributed by atoms with Crippen LogP contribution in [-0.2, 0) is 4.79 Å². The van der Waals surface area contributed by atoms with Gasteiger partial charge in [-0.3, -0.25) is 4.79 Å². The molecule has 0 bridgehead atoms. The minimum absolute atomic E-state index is 0.149. The highest BCUT2D eigenvalue weighted by Crippen LogP contribution is 2.16. The maximum Gasteiger partial charge on any atom is 0.217 e. The third kappa shape index (κ3) is 35.2. The van der Waals surface area contributed by atoms with Crippen LogP contribution in [0.2, 0.25) is 0 Å². The average molecular weight is 534 g/mol.